The van der Waals surface area contributed by atoms with E-state index in [0.717, 1.165) is 22.3 Å². The highest BCUT2D eigenvalue weighted by Gasteiger charge is 2.19. The van der Waals surface area contributed by atoms with Crippen LogP contribution in [-0.2, 0) is 20.8 Å². The number of aryl methyl sites for hydroxylation is 1. The van der Waals surface area contributed by atoms with E-state index >= 15 is 0 Å². The minimum Gasteiger partial charge on any atom is -0.469 e. The third-order valence-corrected chi connectivity index (χ3v) is 4.78. The van der Waals surface area contributed by atoms with Gasteiger partial charge in [-0.25, -0.2) is 4.79 Å². The van der Waals surface area contributed by atoms with E-state index in [9.17, 15) is 14.4 Å². The van der Waals surface area contributed by atoms with E-state index in [0.29, 0.717) is 17.7 Å². The quantitative estimate of drug-likeness (QED) is 0.501. The van der Waals surface area contributed by atoms with Gasteiger partial charge in [-0.15, -0.1) is 0 Å². The van der Waals surface area contributed by atoms with Gasteiger partial charge in [0.2, 0.25) is 5.78 Å². The number of carbonyl (C=O) groups is 3. The largest absolute Gasteiger partial charge is 0.469 e. The summed E-state index contributed by atoms with van der Waals surface area (Å²) in [4.78, 5) is 39.3. The number of benzene rings is 1. The molecule has 2 heterocycles. The normalized spacial score (nSPS) is 10.8. The van der Waals surface area contributed by atoms with Gasteiger partial charge in [-0.2, -0.15) is 0 Å². The molecule has 1 aromatic carbocycles. The first kappa shape index (κ1) is 19.4. The van der Waals surface area contributed by atoms with Crippen molar-refractivity contribution in [1.29, 1.82) is 0 Å². The number of para-hydroxylation sites is 1. The summed E-state index contributed by atoms with van der Waals surface area (Å²) in [7, 11) is 1.34. The van der Waals surface area contributed by atoms with Crippen LogP contribution in [0.5, 0.6) is 0 Å². The van der Waals surface area contributed by atoms with Crippen molar-refractivity contribution in [2.24, 2.45) is 0 Å². The Kier molecular flexibility index (Phi) is 5.63. The molecule has 3 aromatic rings. The number of nitrogens with zero attached hydrogens (tertiary/aromatic N) is 1. The number of fused-ring (bicyclic) bond motifs is 1. The van der Waals surface area contributed by atoms with Gasteiger partial charge in [-0.05, 0) is 26.0 Å². The average Bonchev–Trinajstić information content (AvgIpc) is 3.25. The molecule has 146 valence electrons. The second-order valence-corrected chi connectivity index (χ2v) is 6.51. The third-order valence-electron chi connectivity index (χ3n) is 4.78. The van der Waals surface area contributed by atoms with Gasteiger partial charge in [0.25, 0.3) is 0 Å². The summed E-state index contributed by atoms with van der Waals surface area (Å²) < 4.78 is 11.8. The maximum atomic E-state index is 12.6. The van der Waals surface area contributed by atoms with Crippen molar-refractivity contribution in [3.63, 3.8) is 0 Å². The van der Waals surface area contributed by atoms with Crippen molar-refractivity contribution in [2.75, 3.05) is 13.7 Å². The number of aromatic nitrogens is 2. The Bertz CT molecular complexity index is 1040. The van der Waals surface area contributed by atoms with Crippen LogP contribution in [0.15, 0.2) is 36.5 Å². The molecule has 0 saturated heterocycles. The number of Topliss-reactive ketones (excluding diaryl/α,β-unsaturated/α-hetero) is 1. The first-order valence-electron chi connectivity index (χ1n) is 8.92. The molecule has 0 unspecified atom stereocenters. The Morgan fingerprint density at radius 1 is 1.11 bits per heavy atom. The number of aromatic amines is 1. The van der Waals surface area contributed by atoms with Crippen LogP contribution in [0.3, 0.4) is 0 Å². The van der Waals surface area contributed by atoms with E-state index in [1.54, 1.807) is 19.2 Å². The van der Waals surface area contributed by atoms with Crippen LogP contribution in [0.25, 0.3) is 10.9 Å². The van der Waals surface area contributed by atoms with Crippen LogP contribution in [0.4, 0.5) is 0 Å². The Hall–Kier alpha value is -3.35. The van der Waals surface area contributed by atoms with Gasteiger partial charge in [0.15, 0.2) is 6.61 Å². The van der Waals surface area contributed by atoms with Crippen LogP contribution >= 0.6 is 0 Å². The highest BCUT2D eigenvalue weighted by atomic mass is 16.5. The number of nitrogens with one attached hydrogen (secondary N) is 1. The molecule has 28 heavy (non-hydrogen) atoms. The molecule has 0 fully saturated rings. The van der Waals surface area contributed by atoms with Crippen LogP contribution < -0.4 is 0 Å². The number of H-pyrrole nitrogens is 1. The molecule has 0 radical (unpaired) electrons. The number of esters is 2. The molecule has 0 amide bonds. The molecule has 7 nitrogen and oxygen atoms in total. The lowest BCUT2D eigenvalue weighted by molar-refractivity contribution is -0.140. The van der Waals surface area contributed by atoms with E-state index in [2.05, 4.69) is 9.72 Å². The predicted molar refractivity (Wildman–Crippen MR) is 103 cm³/mol. The van der Waals surface area contributed by atoms with E-state index < -0.39 is 5.97 Å². The van der Waals surface area contributed by atoms with Gasteiger partial charge in [0.1, 0.15) is 0 Å². The lowest BCUT2D eigenvalue weighted by Gasteiger charge is -2.09. The lowest BCUT2D eigenvalue weighted by Crippen LogP contribution is -2.15. The van der Waals surface area contributed by atoms with Gasteiger partial charge in [-0.1, -0.05) is 18.2 Å². The Labute approximate surface area is 162 Å². The van der Waals surface area contributed by atoms with Crippen molar-refractivity contribution in [1.82, 2.24) is 9.55 Å². The van der Waals surface area contributed by atoms with Crippen molar-refractivity contribution in [3.05, 3.63) is 59.0 Å². The van der Waals surface area contributed by atoms with Gasteiger partial charge in [0, 0.05) is 40.6 Å². The fraction of sp³-hybridized carbons (Fsp3) is 0.286. The highest BCUT2D eigenvalue weighted by Crippen LogP contribution is 2.20. The van der Waals surface area contributed by atoms with Crippen molar-refractivity contribution >= 4 is 28.6 Å². The van der Waals surface area contributed by atoms with E-state index in [4.69, 9.17) is 4.74 Å². The minimum absolute atomic E-state index is 0.218. The molecule has 1 N–H and O–H groups in total. The van der Waals surface area contributed by atoms with Crippen LogP contribution in [0.2, 0.25) is 0 Å². The first-order chi connectivity index (χ1) is 13.4. The molecule has 0 aliphatic rings. The standard InChI is InChI=1S/C21H22N2O5/c1-13-10-16(14(2)23(13)9-8-20(25)27-3)19(24)12-28-21(26)17-11-22-18-7-5-4-6-15(17)18/h4-7,10-11,22H,8-9,12H2,1-3H3. The van der Waals surface area contributed by atoms with Crippen molar-refractivity contribution in [3.8, 4) is 0 Å². The van der Waals surface area contributed by atoms with Crippen LogP contribution in [-0.4, -0.2) is 41.0 Å². The van der Waals surface area contributed by atoms with Gasteiger partial charge in [-0.3, -0.25) is 9.59 Å². The molecule has 0 bridgehead atoms. The van der Waals surface area contributed by atoms with Crippen LogP contribution in [0.1, 0.15) is 38.5 Å². The summed E-state index contributed by atoms with van der Waals surface area (Å²) in [5.41, 5.74) is 3.29. The number of hydrogen-bond donors (Lipinski definition) is 1. The molecule has 7 heteroatoms. The molecule has 3 rings (SSSR count). The smallest absolute Gasteiger partial charge is 0.340 e. The predicted octanol–water partition coefficient (Wildman–Crippen LogP) is 3.19. The second-order valence-electron chi connectivity index (χ2n) is 6.51. The molecule has 0 atom stereocenters. The number of ketones is 1. The summed E-state index contributed by atoms with van der Waals surface area (Å²) in [6.45, 7) is 3.74. The fourth-order valence-corrected chi connectivity index (χ4v) is 3.26. The SMILES string of the molecule is COC(=O)CCn1c(C)cc(C(=O)COC(=O)c2c[nH]c3ccccc23)c1C. The summed E-state index contributed by atoms with van der Waals surface area (Å²) in [6, 6.07) is 9.13. The highest BCUT2D eigenvalue weighted by molar-refractivity contribution is 6.05. The average molecular weight is 382 g/mol. The molecular weight excluding hydrogens is 360 g/mol. The summed E-state index contributed by atoms with van der Waals surface area (Å²) in [6.07, 6.45) is 1.80. The molecule has 2 aromatic heterocycles. The summed E-state index contributed by atoms with van der Waals surface area (Å²) >= 11 is 0. The fourth-order valence-electron chi connectivity index (χ4n) is 3.26. The van der Waals surface area contributed by atoms with E-state index in [1.165, 1.54) is 7.11 Å². The minimum atomic E-state index is -0.551. The second kappa shape index (κ2) is 8.12. The van der Waals surface area contributed by atoms with Crippen molar-refractivity contribution < 1.29 is 23.9 Å². The van der Waals surface area contributed by atoms with Gasteiger partial charge in [0.05, 0.1) is 19.1 Å². The van der Waals surface area contributed by atoms with E-state index in [-0.39, 0.29) is 24.8 Å². The summed E-state index contributed by atoms with van der Waals surface area (Å²) in [5.74, 6) is -1.15. The van der Waals surface area contributed by atoms with Crippen LogP contribution in [0, 0.1) is 13.8 Å². The number of rotatable bonds is 7. The summed E-state index contributed by atoms with van der Waals surface area (Å²) in [5, 5.41) is 0.751. The zero-order valence-corrected chi connectivity index (χ0v) is 16.1. The maximum absolute atomic E-state index is 12.6. The number of ether oxygens (including phenoxy) is 2. The third kappa shape index (κ3) is 3.83. The zero-order chi connectivity index (χ0) is 20.3. The zero-order valence-electron chi connectivity index (χ0n) is 16.1. The molecule has 0 saturated carbocycles. The lowest BCUT2D eigenvalue weighted by atomic mass is 10.1. The number of carbonyl (C=O) groups excluding carboxylic acids is 3. The number of methoxy groups -OCH3 is 1. The first-order valence-corrected chi connectivity index (χ1v) is 8.92. The van der Waals surface area contributed by atoms with E-state index in [1.807, 2.05) is 35.8 Å². The Balaban J connectivity index is 1.68. The Morgan fingerprint density at radius 3 is 2.61 bits per heavy atom. The molecule has 0 spiro atoms. The van der Waals surface area contributed by atoms with Gasteiger partial charge >= 0.3 is 11.9 Å². The number of hydrogen-bond acceptors (Lipinski definition) is 5. The molecule has 0 aliphatic heterocycles. The topological polar surface area (TPSA) is 90.4 Å². The Morgan fingerprint density at radius 2 is 1.86 bits per heavy atom. The van der Waals surface area contributed by atoms with Crippen molar-refractivity contribution in [2.45, 2.75) is 26.8 Å². The maximum Gasteiger partial charge on any atom is 0.340 e. The monoisotopic (exact) mass is 382 g/mol. The molecular formula is C21H22N2O5. The molecule has 0 aliphatic carbocycles. The van der Waals surface area contributed by atoms with Gasteiger partial charge < -0.3 is 19.0 Å².